The molecule has 0 radical (unpaired) electrons. The molecule has 1 fully saturated rings. The Hall–Kier alpha value is -2.08. The predicted molar refractivity (Wildman–Crippen MR) is 91.5 cm³/mol. The summed E-state index contributed by atoms with van der Waals surface area (Å²) in [6.07, 6.45) is 0.167. The van der Waals surface area contributed by atoms with Crippen LogP contribution in [0, 0.1) is 0 Å². The molecule has 0 bridgehead atoms. The first kappa shape index (κ1) is 18.3. The Bertz CT molecular complexity index is 627. The minimum absolute atomic E-state index is 0.0251. The topological polar surface area (TPSA) is 69.7 Å². The van der Waals surface area contributed by atoms with Gasteiger partial charge in [-0.3, -0.25) is 14.4 Å². The number of hydrogen-bond acceptors (Lipinski definition) is 3. The van der Waals surface area contributed by atoms with Crippen molar-refractivity contribution in [2.75, 3.05) is 26.2 Å². The normalized spacial score (nSPS) is 15.8. The Morgan fingerprint density at radius 1 is 1.12 bits per heavy atom. The SMILES string of the molecule is CC(=O)NC(CC(=O)N1CCN(C(C)=O)CC1)c1cccc(Cl)c1. The first-order valence-corrected chi connectivity index (χ1v) is 8.30. The molecule has 1 aromatic rings. The summed E-state index contributed by atoms with van der Waals surface area (Å²) < 4.78 is 0. The van der Waals surface area contributed by atoms with E-state index in [9.17, 15) is 14.4 Å². The molecule has 2 rings (SSSR count). The van der Waals surface area contributed by atoms with E-state index < -0.39 is 6.04 Å². The molecular formula is C17H22ClN3O3. The van der Waals surface area contributed by atoms with Crippen LogP contribution in [0.3, 0.4) is 0 Å². The fraction of sp³-hybridized carbons (Fsp3) is 0.471. The van der Waals surface area contributed by atoms with Crippen LogP contribution in [0.5, 0.6) is 0 Å². The molecule has 1 aliphatic heterocycles. The van der Waals surface area contributed by atoms with Crippen LogP contribution in [0.25, 0.3) is 0 Å². The lowest BCUT2D eigenvalue weighted by molar-refractivity contribution is -0.139. The number of amides is 3. The quantitative estimate of drug-likeness (QED) is 0.895. The molecule has 7 heteroatoms. The molecule has 0 spiro atoms. The number of rotatable bonds is 4. The number of piperazine rings is 1. The summed E-state index contributed by atoms with van der Waals surface area (Å²) in [5.74, 6) is -0.219. The van der Waals surface area contributed by atoms with Crippen LogP contribution in [-0.4, -0.2) is 53.7 Å². The van der Waals surface area contributed by atoms with E-state index in [0.717, 1.165) is 5.56 Å². The van der Waals surface area contributed by atoms with Crippen LogP contribution in [0.4, 0.5) is 0 Å². The van der Waals surface area contributed by atoms with E-state index in [1.165, 1.54) is 13.8 Å². The van der Waals surface area contributed by atoms with Gasteiger partial charge < -0.3 is 15.1 Å². The Labute approximate surface area is 146 Å². The van der Waals surface area contributed by atoms with Gasteiger partial charge in [0.1, 0.15) is 0 Å². The molecule has 1 unspecified atom stereocenters. The van der Waals surface area contributed by atoms with Crippen LogP contribution < -0.4 is 5.32 Å². The van der Waals surface area contributed by atoms with Gasteiger partial charge in [0, 0.05) is 45.0 Å². The maximum Gasteiger partial charge on any atom is 0.225 e. The van der Waals surface area contributed by atoms with Gasteiger partial charge in [0.05, 0.1) is 12.5 Å². The standard InChI is InChI=1S/C17H22ClN3O3/c1-12(22)19-16(14-4-3-5-15(18)10-14)11-17(24)21-8-6-20(7-9-21)13(2)23/h3-5,10,16H,6-9,11H2,1-2H3,(H,19,22). The zero-order chi connectivity index (χ0) is 17.7. The zero-order valence-corrected chi connectivity index (χ0v) is 14.7. The smallest absolute Gasteiger partial charge is 0.225 e. The van der Waals surface area contributed by atoms with Crippen LogP contribution in [-0.2, 0) is 14.4 Å². The van der Waals surface area contributed by atoms with Gasteiger partial charge in [-0.1, -0.05) is 23.7 Å². The van der Waals surface area contributed by atoms with E-state index in [4.69, 9.17) is 11.6 Å². The number of nitrogens with zero attached hydrogens (tertiary/aromatic N) is 2. The van der Waals surface area contributed by atoms with Gasteiger partial charge in [-0.05, 0) is 17.7 Å². The number of benzene rings is 1. The van der Waals surface area contributed by atoms with Crippen LogP contribution in [0.15, 0.2) is 24.3 Å². The lowest BCUT2D eigenvalue weighted by atomic mass is 10.0. The molecule has 0 aliphatic carbocycles. The third kappa shape index (κ3) is 4.96. The maximum absolute atomic E-state index is 12.6. The van der Waals surface area contributed by atoms with Gasteiger partial charge in [-0.2, -0.15) is 0 Å². The highest BCUT2D eigenvalue weighted by Gasteiger charge is 2.25. The molecule has 1 aliphatic rings. The van der Waals surface area contributed by atoms with E-state index in [2.05, 4.69) is 5.32 Å². The van der Waals surface area contributed by atoms with E-state index in [1.54, 1.807) is 28.0 Å². The van der Waals surface area contributed by atoms with Crippen LogP contribution in [0.2, 0.25) is 5.02 Å². The molecule has 1 saturated heterocycles. The molecule has 3 amide bonds. The van der Waals surface area contributed by atoms with Crippen molar-refractivity contribution in [1.29, 1.82) is 0 Å². The number of carbonyl (C=O) groups is 3. The fourth-order valence-corrected chi connectivity index (χ4v) is 2.99. The molecule has 130 valence electrons. The summed E-state index contributed by atoms with van der Waals surface area (Å²) >= 11 is 6.01. The van der Waals surface area contributed by atoms with Gasteiger partial charge >= 0.3 is 0 Å². The molecule has 6 nitrogen and oxygen atoms in total. The Morgan fingerprint density at radius 2 is 1.75 bits per heavy atom. The maximum atomic E-state index is 12.6. The highest BCUT2D eigenvalue weighted by atomic mass is 35.5. The Balaban J connectivity index is 2.03. The van der Waals surface area contributed by atoms with E-state index in [1.807, 2.05) is 6.07 Å². The van der Waals surface area contributed by atoms with Crippen molar-refractivity contribution in [3.05, 3.63) is 34.9 Å². The Morgan fingerprint density at radius 3 is 2.29 bits per heavy atom. The third-order valence-electron chi connectivity index (χ3n) is 4.08. The monoisotopic (exact) mass is 351 g/mol. The average Bonchev–Trinajstić information content (AvgIpc) is 2.53. The highest BCUT2D eigenvalue weighted by Crippen LogP contribution is 2.22. The second-order valence-corrected chi connectivity index (χ2v) is 6.34. The van der Waals surface area contributed by atoms with Gasteiger partial charge in [-0.15, -0.1) is 0 Å². The van der Waals surface area contributed by atoms with Crippen LogP contribution >= 0.6 is 11.6 Å². The van der Waals surface area contributed by atoms with Crippen molar-refractivity contribution in [3.63, 3.8) is 0 Å². The first-order chi connectivity index (χ1) is 11.4. The number of nitrogens with one attached hydrogen (secondary N) is 1. The summed E-state index contributed by atoms with van der Waals surface area (Å²) in [6, 6.07) is 6.72. The van der Waals surface area contributed by atoms with Crippen molar-refractivity contribution in [3.8, 4) is 0 Å². The fourth-order valence-electron chi connectivity index (χ4n) is 2.80. The highest BCUT2D eigenvalue weighted by molar-refractivity contribution is 6.30. The second kappa shape index (κ2) is 8.15. The van der Waals surface area contributed by atoms with E-state index in [0.29, 0.717) is 31.2 Å². The lowest BCUT2D eigenvalue weighted by Crippen LogP contribution is -2.50. The predicted octanol–water partition coefficient (Wildman–Crippen LogP) is 1.60. The van der Waals surface area contributed by atoms with Gasteiger partial charge in [0.2, 0.25) is 17.7 Å². The number of hydrogen-bond donors (Lipinski definition) is 1. The summed E-state index contributed by atoms with van der Waals surface area (Å²) in [7, 11) is 0. The van der Waals surface area contributed by atoms with Crippen molar-refractivity contribution in [2.24, 2.45) is 0 Å². The minimum Gasteiger partial charge on any atom is -0.349 e. The molecule has 0 saturated carbocycles. The van der Waals surface area contributed by atoms with Gasteiger partial charge in [0.25, 0.3) is 0 Å². The molecule has 24 heavy (non-hydrogen) atoms. The molecule has 1 heterocycles. The van der Waals surface area contributed by atoms with Gasteiger partial charge in [0.15, 0.2) is 0 Å². The van der Waals surface area contributed by atoms with Gasteiger partial charge in [-0.25, -0.2) is 0 Å². The summed E-state index contributed by atoms with van der Waals surface area (Å²) in [6.45, 7) is 5.07. The Kier molecular flexibility index (Phi) is 6.20. The van der Waals surface area contributed by atoms with Crippen LogP contribution in [0.1, 0.15) is 31.9 Å². The summed E-state index contributed by atoms with van der Waals surface area (Å²) in [5, 5.41) is 3.37. The molecular weight excluding hydrogens is 330 g/mol. The van der Waals surface area contributed by atoms with Crippen molar-refractivity contribution in [2.45, 2.75) is 26.3 Å². The summed E-state index contributed by atoms with van der Waals surface area (Å²) in [4.78, 5) is 38.9. The number of carbonyl (C=O) groups excluding carboxylic acids is 3. The number of halogens is 1. The zero-order valence-electron chi connectivity index (χ0n) is 13.9. The first-order valence-electron chi connectivity index (χ1n) is 7.92. The average molecular weight is 352 g/mol. The van der Waals surface area contributed by atoms with E-state index in [-0.39, 0.29) is 24.1 Å². The molecule has 1 N–H and O–H groups in total. The largest absolute Gasteiger partial charge is 0.349 e. The summed E-state index contributed by atoms with van der Waals surface area (Å²) in [5.41, 5.74) is 0.799. The van der Waals surface area contributed by atoms with E-state index >= 15 is 0 Å². The molecule has 1 atom stereocenters. The molecule has 1 aromatic carbocycles. The van der Waals surface area contributed by atoms with Crippen molar-refractivity contribution in [1.82, 2.24) is 15.1 Å². The second-order valence-electron chi connectivity index (χ2n) is 5.90. The lowest BCUT2D eigenvalue weighted by Gasteiger charge is -2.35. The minimum atomic E-state index is -0.417. The third-order valence-corrected chi connectivity index (χ3v) is 4.32. The van der Waals surface area contributed by atoms with Crippen molar-refractivity contribution >= 4 is 29.3 Å². The molecule has 0 aromatic heterocycles. The van der Waals surface area contributed by atoms with Crippen molar-refractivity contribution < 1.29 is 14.4 Å².